The second-order valence-corrected chi connectivity index (χ2v) is 8.16. The van der Waals surface area contributed by atoms with Crippen LogP contribution < -0.4 is 15.0 Å². The summed E-state index contributed by atoms with van der Waals surface area (Å²) in [4.78, 5) is 30.2. The Labute approximate surface area is 180 Å². The zero-order valence-electron chi connectivity index (χ0n) is 18.3. The van der Waals surface area contributed by atoms with E-state index in [4.69, 9.17) is 4.74 Å². The first-order chi connectivity index (χ1) is 14.6. The Hall–Kier alpha value is -2.50. The van der Waals surface area contributed by atoms with Gasteiger partial charge in [-0.05, 0) is 43.5 Å². The molecule has 1 aromatic rings. The molecule has 2 aliphatic rings. The minimum atomic E-state index is -0.247. The Morgan fingerprint density at radius 3 is 2.30 bits per heavy atom. The van der Waals surface area contributed by atoms with Gasteiger partial charge in [0, 0.05) is 38.4 Å². The zero-order valence-corrected chi connectivity index (χ0v) is 18.3. The van der Waals surface area contributed by atoms with Crippen LogP contribution in [0.5, 0.6) is 5.75 Å². The minimum absolute atomic E-state index is 0.0330. The smallest absolute Gasteiger partial charge is 0.226 e. The summed E-state index contributed by atoms with van der Waals surface area (Å²) in [5.74, 6) is 0.516. The number of carbonyl (C=O) groups excluding carboxylic acids is 2. The van der Waals surface area contributed by atoms with Crippen LogP contribution in [0.15, 0.2) is 36.4 Å². The molecule has 0 aromatic heterocycles. The number of hydrogen-bond acceptors (Lipinski definition) is 4. The third-order valence-electron chi connectivity index (χ3n) is 6.19. The number of hydrogen-bond donors (Lipinski definition) is 1. The van der Waals surface area contributed by atoms with Crippen LogP contribution in [0, 0.1) is 11.8 Å². The maximum absolute atomic E-state index is 13.2. The van der Waals surface area contributed by atoms with Gasteiger partial charge in [-0.1, -0.05) is 31.9 Å². The van der Waals surface area contributed by atoms with Crippen molar-refractivity contribution < 1.29 is 14.3 Å². The Kier molecular flexibility index (Phi) is 8.17. The molecule has 1 aliphatic heterocycles. The van der Waals surface area contributed by atoms with Crippen LogP contribution in [0.4, 0.5) is 5.69 Å². The van der Waals surface area contributed by atoms with Crippen molar-refractivity contribution in [3.63, 3.8) is 0 Å². The Morgan fingerprint density at radius 1 is 1.00 bits per heavy atom. The van der Waals surface area contributed by atoms with Gasteiger partial charge in [0.2, 0.25) is 11.8 Å². The van der Waals surface area contributed by atoms with E-state index in [1.54, 1.807) is 7.11 Å². The van der Waals surface area contributed by atoms with Crippen LogP contribution in [0.2, 0.25) is 0 Å². The molecule has 1 heterocycles. The maximum atomic E-state index is 13.2. The first-order valence-corrected chi connectivity index (χ1v) is 11.2. The molecule has 6 nitrogen and oxygen atoms in total. The van der Waals surface area contributed by atoms with Crippen molar-refractivity contribution >= 4 is 17.5 Å². The van der Waals surface area contributed by atoms with Crippen LogP contribution in [0.3, 0.4) is 0 Å². The monoisotopic (exact) mass is 413 g/mol. The summed E-state index contributed by atoms with van der Waals surface area (Å²) in [5.41, 5.74) is 1.15. The van der Waals surface area contributed by atoms with Crippen molar-refractivity contribution in [3.05, 3.63) is 36.4 Å². The molecular weight excluding hydrogens is 378 g/mol. The van der Waals surface area contributed by atoms with Crippen molar-refractivity contribution in [1.29, 1.82) is 0 Å². The van der Waals surface area contributed by atoms with Gasteiger partial charge in [-0.3, -0.25) is 9.59 Å². The average molecular weight is 414 g/mol. The van der Waals surface area contributed by atoms with E-state index in [1.165, 1.54) is 0 Å². The van der Waals surface area contributed by atoms with Crippen molar-refractivity contribution in [2.75, 3.05) is 44.7 Å². The van der Waals surface area contributed by atoms with Gasteiger partial charge < -0.3 is 19.9 Å². The lowest BCUT2D eigenvalue weighted by Gasteiger charge is -2.39. The lowest BCUT2D eigenvalue weighted by Crippen LogP contribution is -2.52. The van der Waals surface area contributed by atoms with Gasteiger partial charge in [0.25, 0.3) is 0 Å². The highest BCUT2D eigenvalue weighted by Crippen LogP contribution is 2.29. The van der Waals surface area contributed by atoms with Crippen molar-refractivity contribution in [2.45, 2.75) is 39.0 Å². The molecular formula is C24H35N3O3. The molecule has 2 atom stereocenters. The van der Waals surface area contributed by atoms with Crippen LogP contribution in [0.1, 0.15) is 39.0 Å². The number of ether oxygens (including phenoxy) is 1. The summed E-state index contributed by atoms with van der Waals surface area (Å²) < 4.78 is 5.23. The fraction of sp³-hybridized carbons (Fsp3) is 0.583. The van der Waals surface area contributed by atoms with Gasteiger partial charge >= 0.3 is 0 Å². The number of carbonyl (C=O) groups is 2. The normalized spacial score (nSPS) is 21.4. The quantitative estimate of drug-likeness (QED) is 0.525. The molecule has 2 amide bonds. The number of piperazine rings is 1. The molecule has 1 aliphatic carbocycles. The van der Waals surface area contributed by atoms with Crippen LogP contribution in [0.25, 0.3) is 0 Å². The lowest BCUT2D eigenvalue weighted by molar-refractivity contribution is -0.142. The lowest BCUT2D eigenvalue weighted by atomic mass is 9.81. The maximum Gasteiger partial charge on any atom is 0.226 e. The predicted molar refractivity (Wildman–Crippen MR) is 120 cm³/mol. The molecule has 30 heavy (non-hydrogen) atoms. The molecule has 1 N–H and O–H groups in total. The van der Waals surface area contributed by atoms with E-state index >= 15 is 0 Å². The Bertz CT molecular complexity index is 724. The van der Waals surface area contributed by atoms with E-state index in [-0.39, 0.29) is 23.7 Å². The Balaban J connectivity index is 1.54. The van der Waals surface area contributed by atoms with Gasteiger partial charge in [-0.15, -0.1) is 0 Å². The SMILES string of the molecule is CCCCCNC(=O)C1CC=CCC1C(=O)N1CCN(c2ccc(OC)cc2)CC1. The summed E-state index contributed by atoms with van der Waals surface area (Å²) in [6, 6.07) is 8.04. The number of methoxy groups -OCH3 is 1. The largest absolute Gasteiger partial charge is 0.497 e. The number of amides is 2. The molecule has 3 rings (SSSR count). The van der Waals surface area contributed by atoms with E-state index in [1.807, 2.05) is 23.1 Å². The molecule has 6 heteroatoms. The first kappa shape index (κ1) is 22.2. The fourth-order valence-electron chi connectivity index (χ4n) is 4.31. The van der Waals surface area contributed by atoms with Gasteiger partial charge in [-0.2, -0.15) is 0 Å². The average Bonchev–Trinajstić information content (AvgIpc) is 2.81. The van der Waals surface area contributed by atoms with Crippen molar-refractivity contribution in [1.82, 2.24) is 10.2 Å². The van der Waals surface area contributed by atoms with Gasteiger partial charge in [0.05, 0.1) is 18.9 Å². The molecule has 0 spiro atoms. The zero-order chi connectivity index (χ0) is 21.3. The third-order valence-corrected chi connectivity index (χ3v) is 6.19. The highest BCUT2D eigenvalue weighted by Gasteiger charge is 2.37. The number of benzene rings is 1. The second kappa shape index (κ2) is 11.0. The number of anilines is 1. The molecule has 1 aromatic carbocycles. The number of rotatable bonds is 8. The van der Waals surface area contributed by atoms with E-state index in [0.717, 1.165) is 43.8 Å². The molecule has 0 saturated carbocycles. The number of unbranched alkanes of at least 4 members (excludes halogenated alkanes) is 2. The van der Waals surface area contributed by atoms with Crippen LogP contribution in [-0.4, -0.2) is 56.5 Å². The van der Waals surface area contributed by atoms with Crippen LogP contribution >= 0.6 is 0 Å². The third kappa shape index (κ3) is 5.55. The minimum Gasteiger partial charge on any atom is -0.497 e. The molecule has 164 valence electrons. The van der Waals surface area contributed by atoms with E-state index in [9.17, 15) is 9.59 Å². The number of allylic oxidation sites excluding steroid dienone is 2. The number of nitrogens with one attached hydrogen (secondary N) is 1. The highest BCUT2D eigenvalue weighted by atomic mass is 16.5. The van der Waals surface area contributed by atoms with Gasteiger partial charge in [0.1, 0.15) is 5.75 Å². The molecule has 0 radical (unpaired) electrons. The van der Waals surface area contributed by atoms with E-state index in [0.29, 0.717) is 32.5 Å². The molecule has 2 unspecified atom stereocenters. The fourth-order valence-corrected chi connectivity index (χ4v) is 4.31. The predicted octanol–water partition coefficient (Wildman–Crippen LogP) is 3.23. The Morgan fingerprint density at radius 2 is 1.67 bits per heavy atom. The summed E-state index contributed by atoms with van der Waals surface area (Å²) in [5, 5.41) is 3.05. The second-order valence-electron chi connectivity index (χ2n) is 8.16. The number of nitrogens with zero attached hydrogens (tertiary/aromatic N) is 2. The summed E-state index contributed by atoms with van der Waals surface area (Å²) >= 11 is 0. The molecule has 1 saturated heterocycles. The highest BCUT2D eigenvalue weighted by molar-refractivity contribution is 5.88. The van der Waals surface area contributed by atoms with Gasteiger partial charge in [0.15, 0.2) is 0 Å². The van der Waals surface area contributed by atoms with E-state index in [2.05, 4.69) is 35.3 Å². The summed E-state index contributed by atoms with van der Waals surface area (Å²) in [6.07, 6.45) is 8.65. The summed E-state index contributed by atoms with van der Waals surface area (Å²) in [6.45, 7) is 5.83. The topological polar surface area (TPSA) is 61.9 Å². The molecule has 0 bridgehead atoms. The van der Waals surface area contributed by atoms with Crippen LogP contribution in [-0.2, 0) is 9.59 Å². The van der Waals surface area contributed by atoms with Gasteiger partial charge in [-0.25, -0.2) is 0 Å². The van der Waals surface area contributed by atoms with E-state index < -0.39 is 0 Å². The molecule has 1 fully saturated rings. The first-order valence-electron chi connectivity index (χ1n) is 11.2. The van der Waals surface area contributed by atoms with Crippen molar-refractivity contribution in [3.8, 4) is 5.75 Å². The van der Waals surface area contributed by atoms with Crippen molar-refractivity contribution in [2.24, 2.45) is 11.8 Å². The summed E-state index contributed by atoms with van der Waals surface area (Å²) in [7, 11) is 1.67. The standard InChI is InChI=1S/C24H35N3O3/c1-3-4-7-14-25-23(28)21-8-5-6-9-22(21)24(29)27-17-15-26(16-18-27)19-10-12-20(30-2)13-11-19/h5-6,10-13,21-22H,3-4,7-9,14-18H2,1-2H3,(H,25,28).